The standard InChI is InChI=1S/C15H14BrFN2O3/c1-3-22-15(21)10-8-19(2)14(20)7-13(10)18-12-5-4-9(16)6-11(12)17/h4-8,18H,3H2,1-2H3. The Morgan fingerprint density at radius 1 is 1.36 bits per heavy atom. The molecule has 0 aliphatic carbocycles. The van der Waals surface area contributed by atoms with Crippen LogP contribution in [0.3, 0.4) is 0 Å². The van der Waals surface area contributed by atoms with E-state index in [-0.39, 0.29) is 29.1 Å². The van der Waals surface area contributed by atoms with Gasteiger partial charge in [-0.2, -0.15) is 0 Å². The number of anilines is 2. The molecule has 0 amide bonds. The number of nitrogens with zero attached hydrogens (tertiary/aromatic N) is 1. The van der Waals surface area contributed by atoms with Gasteiger partial charge in [-0.3, -0.25) is 4.79 Å². The maximum atomic E-state index is 13.9. The van der Waals surface area contributed by atoms with Crippen molar-refractivity contribution < 1.29 is 13.9 Å². The first-order valence-corrected chi connectivity index (χ1v) is 7.31. The molecule has 0 fully saturated rings. The van der Waals surface area contributed by atoms with Gasteiger partial charge in [0.15, 0.2) is 0 Å². The van der Waals surface area contributed by atoms with Crippen LogP contribution < -0.4 is 10.9 Å². The van der Waals surface area contributed by atoms with Crippen LogP contribution in [0.15, 0.2) is 39.7 Å². The van der Waals surface area contributed by atoms with E-state index in [0.717, 1.165) is 0 Å². The Balaban J connectivity index is 2.47. The first-order valence-electron chi connectivity index (χ1n) is 6.52. The smallest absolute Gasteiger partial charge is 0.341 e. The van der Waals surface area contributed by atoms with Crippen molar-refractivity contribution in [3.05, 3.63) is 56.7 Å². The Morgan fingerprint density at radius 3 is 2.73 bits per heavy atom. The summed E-state index contributed by atoms with van der Waals surface area (Å²) in [6.07, 6.45) is 1.36. The summed E-state index contributed by atoms with van der Waals surface area (Å²) in [6.45, 7) is 1.88. The van der Waals surface area contributed by atoms with Gasteiger partial charge in [0, 0.05) is 23.8 Å². The number of aromatic nitrogens is 1. The zero-order valence-corrected chi connectivity index (χ0v) is 13.6. The molecule has 0 saturated heterocycles. The highest BCUT2D eigenvalue weighted by Gasteiger charge is 2.16. The Morgan fingerprint density at radius 2 is 2.09 bits per heavy atom. The molecule has 1 heterocycles. The number of benzene rings is 1. The third-order valence-corrected chi connectivity index (χ3v) is 3.42. The summed E-state index contributed by atoms with van der Waals surface area (Å²) in [5.41, 5.74) is 0.184. The summed E-state index contributed by atoms with van der Waals surface area (Å²) >= 11 is 3.17. The summed E-state index contributed by atoms with van der Waals surface area (Å²) < 4.78 is 20.7. The number of pyridine rings is 1. The molecule has 5 nitrogen and oxygen atoms in total. The van der Waals surface area contributed by atoms with E-state index >= 15 is 0 Å². The van der Waals surface area contributed by atoms with E-state index in [2.05, 4.69) is 21.2 Å². The highest BCUT2D eigenvalue weighted by Crippen LogP contribution is 2.25. The first-order chi connectivity index (χ1) is 10.4. The predicted octanol–water partition coefficient (Wildman–Crippen LogP) is 3.21. The van der Waals surface area contributed by atoms with E-state index in [9.17, 15) is 14.0 Å². The van der Waals surface area contributed by atoms with Gasteiger partial charge in [0.05, 0.1) is 23.5 Å². The van der Waals surface area contributed by atoms with Crippen molar-refractivity contribution in [1.29, 1.82) is 0 Å². The van der Waals surface area contributed by atoms with Crippen LogP contribution in [0.2, 0.25) is 0 Å². The zero-order chi connectivity index (χ0) is 16.3. The van der Waals surface area contributed by atoms with Crippen LogP contribution in [-0.2, 0) is 11.8 Å². The number of hydrogen-bond donors (Lipinski definition) is 1. The fourth-order valence-electron chi connectivity index (χ4n) is 1.84. The third-order valence-electron chi connectivity index (χ3n) is 2.92. The third kappa shape index (κ3) is 3.54. The molecule has 1 aromatic carbocycles. The lowest BCUT2D eigenvalue weighted by Gasteiger charge is -2.13. The Hall–Kier alpha value is -2.15. The first kappa shape index (κ1) is 16.2. The molecule has 0 spiro atoms. The van der Waals surface area contributed by atoms with Gasteiger partial charge in [0.2, 0.25) is 0 Å². The van der Waals surface area contributed by atoms with Gasteiger partial charge >= 0.3 is 5.97 Å². The van der Waals surface area contributed by atoms with Crippen LogP contribution in [0.25, 0.3) is 0 Å². The number of ether oxygens (including phenoxy) is 1. The van der Waals surface area contributed by atoms with E-state index in [1.165, 1.54) is 36.0 Å². The molecule has 0 bridgehead atoms. The molecule has 2 aromatic rings. The van der Waals surface area contributed by atoms with Gasteiger partial charge in [-0.25, -0.2) is 9.18 Å². The number of nitrogens with one attached hydrogen (secondary N) is 1. The second-order valence-electron chi connectivity index (χ2n) is 4.52. The van der Waals surface area contributed by atoms with Crippen molar-refractivity contribution in [3.8, 4) is 0 Å². The summed E-state index contributed by atoms with van der Waals surface area (Å²) in [4.78, 5) is 23.8. The van der Waals surface area contributed by atoms with Crippen molar-refractivity contribution >= 4 is 33.3 Å². The number of carbonyl (C=O) groups excluding carboxylic acids is 1. The Kier molecular flexibility index (Phi) is 4.97. The summed E-state index contributed by atoms with van der Waals surface area (Å²) in [7, 11) is 1.52. The normalized spacial score (nSPS) is 10.4. The van der Waals surface area contributed by atoms with Crippen molar-refractivity contribution in [2.45, 2.75) is 6.92 Å². The van der Waals surface area contributed by atoms with E-state index in [1.807, 2.05) is 0 Å². The molecule has 1 aromatic heterocycles. The Bertz CT molecular complexity index is 774. The molecule has 116 valence electrons. The van der Waals surface area contributed by atoms with Gasteiger partial charge in [0.25, 0.3) is 5.56 Å². The lowest BCUT2D eigenvalue weighted by molar-refractivity contribution is 0.0526. The number of aryl methyl sites for hydroxylation is 1. The van der Waals surface area contributed by atoms with Crippen LogP contribution in [0.4, 0.5) is 15.8 Å². The summed E-state index contributed by atoms with van der Waals surface area (Å²) in [6, 6.07) is 5.67. The van der Waals surface area contributed by atoms with E-state index in [0.29, 0.717) is 4.47 Å². The average Bonchev–Trinajstić information content (AvgIpc) is 2.45. The largest absolute Gasteiger partial charge is 0.462 e. The number of esters is 1. The van der Waals surface area contributed by atoms with Gasteiger partial charge in [-0.1, -0.05) is 15.9 Å². The molecular weight excluding hydrogens is 355 g/mol. The van der Waals surface area contributed by atoms with E-state index in [1.54, 1.807) is 13.0 Å². The second-order valence-corrected chi connectivity index (χ2v) is 5.44. The van der Waals surface area contributed by atoms with Crippen molar-refractivity contribution in [1.82, 2.24) is 4.57 Å². The molecule has 0 unspecified atom stereocenters. The lowest BCUT2D eigenvalue weighted by Crippen LogP contribution is -2.20. The lowest BCUT2D eigenvalue weighted by atomic mass is 10.2. The molecule has 0 aliphatic rings. The number of carbonyl (C=O) groups is 1. The summed E-state index contributed by atoms with van der Waals surface area (Å²) in [5, 5.41) is 2.77. The molecule has 1 N–H and O–H groups in total. The number of rotatable bonds is 4. The SMILES string of the molecule is CCOC(=O)c1cn(C)c(=O)cc1Nc1ccc(Br)cc1F. The van der Waals surface area contributed by atoms with Gasteiger partial charge in [-0.15, -0.1) is 0 Å². The number of halogens is 2. The molecule has 7 heteroatoms. The minimum absolute atomic E-state index is 0.155. The maximum absolute atomic E-state index is 13.9. The van der Waals surface area contributed by atoms with Crippen LogP contribution in [0.5, 0.6) is 0 Å². The second kappa shape index (κ2) is 6.74. The van der Waals surface area contributed by atoms with Crippen LogP contribution in [0, 0.1) is 5.82 Å². The van der Waals surface area contributed by atoms with Crippen LogP contribution >= 0.6 is 15.9 Å². The fourth-order valence-corrected chi connectivity index (χ4v) is 2.17. The Labute approximate surface area is 134 Å². The minimum Gasteiger partial charge on any atom is -0.462 e. The molecular formula is C15H14BrFN2O3. The monoisotopic (exact) mass is 368 g/mol. The topological polar surface area (TPSA) is 60.3 Å². The fraction of sp³-hybridized carbons (Fsp3) is 0.200. The molecule has 2 rings (SSSR count). The highest BCUT2D eigenvalue weighted by molar-refractivity contribution is 9.10. The molecule has 0 atom stereocenters. The van der Waals surface area contributed by atoms with Crippen molar-refractivity contribution in [3.63, 3.8) is 0 Å². The molecule has 22 heavy (non-hydrogen) atoms. The van der Waals surface area contributed by atoms with Crippen molar-refractivity contribution in [2.75, 3.05) is 11.9 Å². The van der Waals surface area contributed by atoms with Gasteiger partial charge < -0.3 is 14.6 Å². The maximum Gasteiger partial charge on any atom is 0.341 e. The van der Waals surface area contributed by atoms with Gasteiger partial charge in [-0.05, 0) is 25.1 Å². The minimum atomic E-state index is -0.585. The molecule has 0 radical (unpaired) electrons. The van der Waals surface area contributed by atoms with E-state index in [4.69, 9.17) is 4.74 Å². The molecule has 0 saturated carbocycles. The van der Waals surface area contributed by atoms with Crippen LogP contribution in [-0.4, -0.2) is 17.1 Å². The summed E-state index contributed by atoms with van der Waals surface area (Å²) in [5.74, 6) is -1.09. The molecule has 0 aliphatic heterocycles. The average molecular weight is 369 g/mol. The van der Waals surface area contributed by atoms with E-state index < -0.39 is 11.8 Å². The predicted molar refractivity (Wildman–Crippen MR) is 85.0 cm³/mol. The van der Waals surface area contributed by atoms with Gasteiger partial charge in [0.1, 0.15) is 5.82 Å². The van der Waals surface area contributed by atoms with Crippen LogP contribution in [0.1, 0.15) is 17.3 Å². The number of hydrogen-bond acceptors (Lipinski definition) is 4. The van der Waals surface area contributed by atoms with Crippen molar-refractivity contribution in [2.24, 2.45) is 7.05 Å². The quantitative estimate of drug-likeness (QED) is 0.841. The zero-order valence-electron chi connectivity index (χ0n) is 12.0. The highest BCUT2D eigenvalue weighted by atomic mass is 79.9.